The lowest BCUT2D eigenvalue weighted by atomic mass is 10.3. The molecule has 17 heavy (non-hydrogen) atoms. The Morgan fingerprint density at radius 1 is 1.47 bits per heavy atom. The molecule has 0 aliphatic heterocycles. The van der Waals surface area contributed by atoms with Crippen molar-refractivity contribution < 1.29 is 4.79 Å². The highest BCUT2D eigenvalue weighted by Gasteiger charge is 2.09. The first-order valence-electron chi connectivity index (χ1n) is 4.63. The molecule has 0 bridgehead atoms. The molecule has 1 aromatic carbocycles. The number of carbonyl (C=O) groups is 1. The SMILES string of the molecule is Nc1cc(C(=O)Nc2ccc(Br)c(Cl)c2)[nH]n1. The Balaban J connectivity index is 2.15. The normalized spacial score (nSPS) is 10.2. The standard InChI is InChI=1S/C10H8BrClN4O/c11-6-2-1-5(3-7(6)12)14-10(17)8-4-9(13)16-15-8/h1-4H,(H,14,17)(H3,13,15,16). The van der Waals surface area contributed by atoms with Gasteiger partial charge < -0.3 is 11.1 Å². The van der Waals surface area contributed by atoms with Crippen LogP contribution in [0.15, 0.2) is 28.7 Å². The Bertz CT molecular complexity index is 569. The van der Waals surface area contributed by atoms with Crippen molar-refractivity contribution in [2.45, 2.75) is 0 Å². The van der Waals surface area contributed by atoms with Gasteiger partial charge in [0.25, 0.3) is 5.91 Å². The van der Waals surface area contributed by atoms with E-state index in [-0.39, 0.29) is 11.7 Å². The van der Waals surface area contributed by atoms with E-state index in [1.54, 1.807) is 18.2 Å². The second kappa shape index (κ2) is 4.77. The zero-order valence-electron chi connectivity index (χ0n) is 8.50. The summed E-state index contributed by atoms with van der Waals surface area (Å²) < 4.78 is 0.767. The van der Waals surface area contributed by atoms with Crippen LogP contribution in [0.1, 0.15) is 10.5 Å². The zero-order chi connectivity index (χ0) is 12.4. The predicted octanol–water partition coefficient (Wildman–Crippen LogP) is 2.66. The van der Waals surface area contributed by atoms with Crippen LogP contribution in [-0.4, -0.2) is 16.1 Å². The molecule has 1 aromatic heterocycles. The third-order valence-corrected chi connectivity index (χ3v) is 3.25. The van der Waals surface area contributed by atoms with Gasteiger partial charge in [0, 0.05) is 16.2 Å². The van der Waals surface area contributed by atoms with Crippen LogP contribution in [0.2, 0.25) is 5.02 Å². The summed E-state index contributed by atoms with van der Waals surface area (Å²) in [4.78, 5) is 11.7. The molecule has 0 radical (unpaired) electrons. The van der Waals surface area contributed by atoms with E-state index in [9.17, 15) is 4.79 Å². The Morgan fingerprint density at radius 2 is 2.24 bits per heavy atom. The minimum atomic E-state index is -0.326. The number of nitrogens with one attached hydrogen (secondary N) is 2. The van der Waals surface area contributed by atoms with E-state index in [0.29, 0.717) is 16.4 Å². The summed E-state index contributed by atoms with van der Waals surface area (Å²) in [6, 6.07) is 6.58. The Labute approximate surface area is 110 Å². The molecule has 1 amide bonds. The predicted molar refractivity (Wildman–Crippen MR) is 70.1 cm³/mol. The average Bonchev–Trinajstić information content (AvgIpc) is 2.70. The number of benzene rings is 1. The molecule has 7 heteroatoms. The number of rotatable bonds is 2. The molecule has 0 atom stereocenters. The largest absolute Gasteiger partial charge is 0.382 e. The molecule has 0 aliphatic rings. The number of H-pyrrole nitrogens is 1. The minimum Gasteiger partial charge on any atom is -0.382 e. The van der Waals surface area contributed by atoms with Gasteiger partial charge in [0.1, 0.15) is 11.5 Å². The lowest BCUT2D eigenvalue weighted by Gasteiger charge is -2.04. The topological polar surface area (TPSA) is 83.8 Å². The maximum absolute atomic E-state index is 11.7. The molecule has 0 saturated heterocycles. The van der Waals surface area contributed by atoms with Gasteiger partial charge in [0.05, 0.1) is 5.02 Å². The number of nitrogens with two attached hydrogens (primary N) is 1. The van der Waals surface area contributed by atoms with Gasteiger partial charge in [0.15, 0.2) is 0 Å². The summed E-state index contributed by atoms with van der Waals surface area (Å²) in [5.41, 5.74) is 6.29. The molecule has 0 spiro atoms. The monoisotopic (exact) mass is 314 g/mol. The molecule has 0 aliphatic carbocycles. The van der Waals surface area contributed by atoms with E-state index in [1.807, 2.05) is 0 Å². The Hall–Kier alpha value is -1.53. The van der Waals surface area contributed by atoms with Crippen molar-refractivity contribution in [1.29, 1.82) is 0 Å². The average molecular weight is 316 g/mol. The molecule has 4 N–H and O–H groups in total. The van der Waals surface area contributed by atoms with Crippen LogP contribution in [-0.2, 0) is 0 Å². The van der Waals surface area contributed by atoms with Crippen molar-refractivity contribution in [3.8, 4) is 0 Å². The Morgan fingerprint density at radius 3 is 2.82 bits per heavy atom. The highest BCUT2D eigenvalue weighted by molar-refractivity contribution is 9.10. The van der Waals surface area contributed by atoms with Crippen LogP contribution < -0.4 is 11.1 Å². The second-order valence-corrected chi connectivity index (χ2v) is 4.55. The minimum absolute atomic E-state index is 0.268. The number of aromatic nitrogens is 2. The van der Waals surface area contributed by atoms with Gasteiger partial charge >= 0.3 is 0 Å². The summed E-state index contributed by atoms with van der Waals surface area (Å²) in [5, 5.41) is 9.38. The van der Waals surface area contributed by atoms with E-state index in [4.69, 9.17) is 17.3 Å². The molecule has 1 heterocycles. The number of nitrogens with zero attached hydrogens (tertiary/aromatic N) is 1. The number of hydrogen-bond donors (Lipinski definition) is 3. The molecular weight excluding hydrogens is 307 g/mol. The number of aromatic amines is 1. The van der Waals surface area contributed by atoms with Gasteiger partial charge in [-0.3, -0.25) is 9.89 Å². The quantitative estimate of drug-likeness (QED) is 0.796. The molecule has 0 fully saturated rings. The first-order valence-corrected chi connectivity index (χ1v) is 5.80. The van der Waals surface area contributed by atoms with Gasteiger partial charge in [0.2, 0.25) is 0 Å². The third kappa shape index (κ3) is 2.78. The van der Waals surface area contributed by atoms with Gasteiger partial charge in [-0.15, -0.1) is 0 Å². The van der Waals surface area contributed by atoms with E-state index in [2.05, 4.69) is 31.4 Å². The van der Waals surface area contributed by atoms with E-state index < -0.39 is 0 Å². The molecule has 2 aromatic rings. The van der Waals surface area contributed by atoms with Crippen LogP contribution in [0.25, 0.3) is 0 Å². The summed E-state index contributed by atoms with van der Waals surface area (Å²) in [7, 11) is 0. The number of nitrogen functional groups attached to an aromatic ring is 1. The van der Waals surface area contributed by atoms with Crippen molar-refractivity contribution in [2.75, 3.05) is 11.1 Å². The van der Waals surface area contributed by atoms with Crippen LogP contribution in [0.4, 0.5) is 11.5 Å². The van der Waals surface area contributed by atoms with Crippen molar-refractivity contribution in [3.63, 3.8) is 0 Å². The van der Waals surface area contributed by atoms with Gasteiger partial charge in [-0.2, -0.15) is 5.10 Å². The Kier molecular flexibility index (Phi) is 3.35. The summed E-state index contributed by atoms with van der Waals surface area (Å²) >= 11 is 9.18. The van der Waals surface area contributed by atoms with E-state index in [1.165, 1.54) is 6.07 Å². The van der Waals surface area contributed by atoms with Gasteiger partial charge in [-0.05, 0) is 34.1 Å². The second-order valence-electron chi connectivity index (χ2n) is 3.29. The molecule has 5 nitrogen and oxygen atoms in total. The van der Waals surface area contributed by atoms with Crippen LogP contribution in [0, 0.1) is 0 Å². The number of hydrogen-bond acceptors (Lipinski definition) is 3. The van der Waals surface area contributed by atoms with Crippen molar-refractivity contribution >= 4 is 44.9 Å². The molecular formula is C10H8BrClN4O. The number of anilines is 2. The highest BCUT2D eigenvalue weighted by Crippen LogP contribution is 2.25. The number of amides is 1. The fraction of sp³-hybridized carbons (Fsp3) is 0. The number of halogens is 2. The smallest absolute Gasteiger partial charge is 0.273 e. The third-order valence-electron chi connectivity index (χ3n) is 2.02. The van der Waals surface area contributed by atoms with E-state index >= 15 is 0 Å². The lowest BCUT2D eigenvalue weighted by molar-refractivity contribution is 0.102. The summed E-state index contributed by atoms with van der Waals surface area (Å²) in [6.07, 6.45) is 0. The van der Waals surface area contributed by atoms with Crippen LogP contribution in [0.3, 0.4) is 0 Å². The summed E-state index contributed by atoms with van der Waals surface area (Å²) in [5.74, 6) is -0.0587. The van der Waals surface area contributed by atoms with Crippen molar-refractivity contribution in [2.24, 2.45) is 0 Å². The maximum Gasteiger partial charge on any atom is 0.273 e. The van der Waals surface area contributed by atoms with E-state index in [0.717, 1.165) is 4.47 Å². The number of carbonyl (C=O) groups excluding carboxylic acids is 1. The maximum atomic E-state index is 11.7. The lowest BCUT2D eigenvalue weighted by Crippen LogP contribution is -2.12. The highest BCUT2D eigenvalue weighted by atomic mass is 79.9. The fourth-order valence-corrected chi connectivity index (χ4v) is 1.65. The first kappa shape index (κ1) is 11.9. The molecule has 88 valence electrons. The van der Waals surface area contributed by atoms with Gasteiger partial charge in [-0.25, -0.2) is 0 Å². The van der Waals surface area contributed by atoms with Crippen molar-refractivity contribution in [3.05, 3.63) is 39.5 Å². The summed E-state index contributed by atoms with van der Waals surface area (Å²) in [6.45, 7) is 0. The van der Waals surface area contributed by atoms with Crippen LogP contribution in [0.5, 0.6) is 0 Å². The fourth-order valence-electron chi connectivity index (χ4n) is 1.23. The molecule has 0 unspecified atom stereocenters. The molecule has 0 saturated carbocycles. The van der Waals surface area contributed by atoms with Crippen molar-refractivity contribution in [1.82, 2.24) is 10.2 Å². The zero-order valence-corrected chi connectivity index (χ0v) is 10.8. The first-order chi connectivity index (χ1) is 8.06. The van der Waals surface area contributed by atoms with Crippen LogP contribution >= 0.6 is 27.5 Å². The van der Waals surface area contributed by atoms with Gasteiger partial charge in [-0.1, -0.05) is 11.6 Å². The molecule has 2 rings (SSSR count).